The Bertz CT molecular complexity index is 547. The monoisotopic (exact) mass is 287 g/mol. The van der Waals surface area contributed by atoms with Gasteiger partial charge in [0.25, 0.3) is 0 Å². The fraction of sp³-hybridized carbons (Fsp3) is 0.400. The van der Waals surface area contributed by atoms with Gasteiger partial charge in [0, 0.05) is 38.7 Å². The van der Waals surface area contributed by atoms with E-state index in [9.17, 15) is 0 Å². The zero-order chi connectivity index (χ0) is 14.9. The van der Waals surface area contributed by atoms with Crippen LogP contribution in [-0.2, 0) is 17.9 Å². The third-order valence-corrected chi connectivity index (χ3v) is 2.80. The average Bonchev–Trinajstić information content (AvgIpc) is 2.52. The first kappa shape index (κ1) is 15.2. The average molecular weight is 287 g/mol. The summed E-state index contributed by atoms with van der Waals surface area (Å²) in [5, 5.41) is 6.56. The van der Waals surface area contributed by atoms with Crippen molar-refractivity contribution in [2.45, 2.75) is 26.5 Å². The van der Waals surface area contributed by atoms with Gasteiger partial charge in [-0.25, -0.2) is 9.97 Å². The van der Waals surface area contributed by atoms with E-state index < -0.39 is 0 Å². The van der Waals surface area contributed by atoms with Gasteiger partial charge in [-0.2, -0.15) is 0 Å². The van der Waals surface area contributed by atoms with Crippen molar-refractivity contribution in [1.29, 1.82) is 0 Å². The zero-order valence-electron chi connectivity index (χ0n) is 12.5. The van der Waals surface area contributed by atoms with Crippen molar-refractivity contribution in [2.75, 3.05) is 24.3 Å². The Kier molecular flexibility index (Phi) is 5.90. The van der Waals surface area contributed by atoms with Crippen molar-refractivity contribution in [3.05, 3.63) is 42.0 Å². The van der Waals surface area contributed by atoms with Crippen LogP contribution in [0, 0.1) is 0 Å². The summed E-state index contributed by atoms with van der Waals surface area (Å²) in [5.41, 5.74) is 1.10. The standard InChI is InChI=1S/C15H21N5O/c1-3-6-17-13-8-14(20-15(19-13)11-21-2)18-10-12-5-4-7-16-9-12/h4-5,7-9H,3,6,10-11H2,1-2H3,(H2,17,18,19,20). The minimum absolute atomic E-state index is 0.392. The number of ether oxygens (including phenoxy) is 1. The van der Waals surface area contributed by atoms with Crippen molar-refractivity contribution in [3.63, 3.8) is 0 Å². The molecule has 6 heteroatoms. The Hall–Kier alpha value is -2.21. The molecule has 21 heavy (non-hydrogen) atoms. The van der Waals surface area contributed by atoms with Crippen LogP contribution in [-0.4, -0.2) is 28.6 Å². The predicted molar refractivity (Wildman–Crippen MR) is 83.1 cm³/mol. The first-order chi connectivity index (χ1) is 10.3. The summed E-state index contributed by atoms with van der Waals surface area (Å²) in [6.07, 6.45) is 4.64. The van der Waals surface area contributed by atoms with Gasteiger partial charge in [-0.15, -0.1) is 0 Å². The van der Waals surface area contributed by atoms with Gasteiger partial charge in [-0.05, 0) is 18.1 Å². The second-order valence-corrected chi connectivity index (χ2v) is 4.63. The molecule has 0 bridgehead atoms. The number of pyridine rings is 1. The first-order valence-corrected chi connectivity index (χ1v) is 7.05. The lowest BCUT2D eigenvalue weighted by atomic mass is 10.3. The van der Waals surface area contributed by atoms with Gasteiger partial charge in [0.15, 0.2) is 5.82 Å². The molecule has 0 radical (unpaired) electrons. The lowest BCUT2D eigenvalue weighted by molar-refractivity contribution is 0.178. The lowest BCUT2D eigenvalue weighted by Gasteiger charge is -2.10. The van der Waals surface area contributed by atoms with Gasteiger partial charge >= 0.3 is 0 Å². The number of anilines is 2. The number of hydrogen-bond acceptors (Lipinski definition) is 6. The van der Waals surface area contributed by atoms with Crippen LogP contribution >= 0.6 is 0 Å². The number of methoxy groups -OCH3 is 1. The molecule has 0 amide bonds. The molecule has 0 saturated heterocycles. The van der Waals surface area contributed by atoms with Crippen molar-refractivity contribution >= 4 is 11.6 Å². The third kappa shape index (κ3) is 5.00. The highest BCUT2D eigenvalue weighted by Crippen LogP contribution is 2.13. The molecule has 0 fully saturated rings. The van der Waals surface area contributed by atoms with Crippen LogP contribution in [0.1, 0.15) is 24.7 Å². The van der Waals surface area contributed by atoms with E-state index in [1.807, 2.05) is 24.4 Å². The minimum atomic E-state index is 0.392. The van der Waals surface area contributed by atoms with E-state index in [-0.39, 0.29) is 0 Å². The molecule has 0 unspecified atom stereocenters. The second-order valence-electron chi connectivity index (χ2n) is 4.63. The summed E-state index contributed by atoms with van der Waals surface area (Å²) in [6.45, 7) is 4.06. The largest absolute Gasteiger partial charge is 0.377 e. The van der Waals surface area contributed by atoms with E-state index in [1.165, 1.54) is 0 Å². The summed E-state index contributed by atoms with van der Waals surface area (Å²) in [5.74, 6) is 2.25. The molecule has 112 valence electrons. The zero-order valence-corrected chi connectivity index (χ0v) is 12.5. The molecule has 0 saturated carbocycles. The summed E-state index contributed by atoms with van der Waals surface area (Å²) in [7, 11) is 1.64. The Morgan fingerprint density at radius 1 is 1.19 bits per heavy atom. The van der Waals surface area contributed by atoms with E-state index in [2.05, 4.69) is 32.5 Å². The fourth-order valence-corrected chi connectivity index (χ4v) is 1.82. The quantitative estimate of drug-likeness (QED) is 0.777. The molecule has 0 aliphatic carbocycles. The highest BCUT2D eigenvalue weighted by molar-refractivity contribution is 5.47. The van der Waals surface area contributed by atoms with E-state index in [0.717, 1.165) is 30.2 Å². The normalized spacial score (nSPS) is 10.4. The molecule has 0 aliphatic heterocycles. The Morgan fingerprint density at radius 3 is 2.67 bits per heavy atom. The number of nitrogens with zero attached hydrogens (tertiary/aromatic N) is 3. The molecule has 2 N–H and O–H groups in total. The van der Waals surface area contributed by atoms with Gasteiger partial charge in [0.05, 0.1) is 0 Å². The van der Waals surface area contributed by atoms with E-state index in [4.69, 9.17) is 4.74 Å². The van der Waals surface area contributed by atoms with Gasteiger partial charge < -0.3 is 15.4 Å². The fourth-order valence-electron chi connectivity index (χ4n) is 1.82. The highest BCUT2D eigenvalue weighted by Gasteiger charge is 2.04. The maximum absolute atomic E-state index is 5.11. The molecule has 0 aromatic carbocycles. The molecular formula is C15H21N5O. The van der Waals surface area contributed by atoms with Crippen LogP contribution in [0.3, 0.4) is 0 Å². The smallest absolute Gasteiger partial charge is 0.158 e. The predicted octanol–water partition coefficient (Wildman–Crippen LogP) is 2.45. The maximum Gasteiger partial charge on any atom is 0.158 e. The second kappa shape index (κ2) is 8.16. The summed E-state index contributed by atoms with van der Waals surface area (Å²) in [4.78, 5) is 13.0. The van der Waals surface area contributed by atoms with E-state index >= 15 is 0 Å². The van der Waals surface area contributed by atoms with Crippen molar-refractivity contribution in [3.8, 4) is 0 Å². The number of hydrogen-bond donors (Lipinski definition) is 2. The van der Waals surface area contributed by atoms with Crippen LogP contribution < -0.4 is 10.6 Å². The summed E-state index contributed by atoms with van der Waals surface area (Å²) >= 11 is 0. The molecule has 0 spiro atoms. The number of aromatic nitrogens is 3. The minimum Gasteiger partial charge on any atom is -0.377 e. The Balaban J connectivity index is 2.07. The molecular weight excluding hydrogens is 266 g/mol. The van der Waals surface area contributed by atoms with Crippen LogP contribution in [0.2, 0.25) is 0 Å². The van der Waals surface area contributed by atoms with Crippen LogP contribution in [0.4, 0.5) is 11.6 Å². The topological polar surface area (TPSA) is 72.0 Å². The summed E-state index contributed by atoms with van der Waals surface area (Å²) in [6, 6.07) is 5.85. The molecule has 2 aromatic rings. The Labute approximate surface area is 125 Å². The molecule has 6 nitrogen and oxygen atoms in total. The molecule has 0 atom stereocenters. The maximum atomic E-state index is 5.11. The molecule has 2 aromatic heterocycles. The highest BCUT2D eigenvalue weighted by atomic mass is 16.5. The molecule has 2 heterocycles. The lowest BCUT2D eigenvalue weighted by Crippen LogP contribution is -2.09. The van der Waals surface area contributed by atoms with Gasteiger partial charge in [0.1, 0.15) is 18.2 Å². The summed E-state index contributed by atoms with van der Waals surface area (Å²) < 4.78 is 5.11. The van der Waals surface area contributed by atoms with Crippen LogP contribution in [0.5, 0.6) is 0 Å². The Morgan fingerprint density at radius 2 is 2.00 bits per heavy atom. The van der Waals surface area contributed by atoms with E-state index in [1.54, 1.807) is 13.3 Å². The molecule has 2 rings (SSSR count). The van der Waals surface area contributed by atoms with Gasteiger partial charge in [-0.3, -0.25) is 4.98 Å². The van der Waals surface area contributed by atoms with E-state index in [0.29, 0.717) is 19.0 Å². The van der Waals surface area contributed by atoms with Gasteiger partial charge in [-0.1, -0.05) is 13.0 Å². The number of rotatable bonds is 8. The molecule has 0 aliphatic rings. The van der Waals surface area contributed by atoms with Crippen molar-refractivity contribution in [1.82, 2.24) is 15.0 Å². The van der Waals surface area contributed by atoms with Crippen molar-refractivity contribution < 1.29 is 4.74 Å². The van der Waals surface area contributed by atoms with Gasteiger partial charge in [0.2, 0.25) is 0 Å². The van der Waals surface area contributed by atoms with Crippen LogP contribution in [0.25, 0.3) is 0 Å². The SMILES string of the molecule is CCCNc1cc(NCc2cccnc2)nc(COC)n1. The first-order valence-electron chi connectivity index (χ1n) is 7.05. The van der Waals surface area contributed by atoms with Crippen molar-refractivity contribution in [2.24, 2.45) is 0 Å². The number of nitrogens with one attached hydrogen (secondary N) is 2. The third-order valence-electron chi connectivity index (χ3n) is 2.80. The van der Waals surface area contributed by atoms with Crippen LogP contribution in [0.15, 0.2) is 30.6 Å².